The minimum atomic E-state index is 0.573. The number of thioether (sulfide) groups is 1. The Balaban J connectivity index is 2.55. The molecule has 5 heteroatoms. The van der Waals surface area contributed by atoms with E-state index in [9.17, 15) is 0 Å². The summed E-state index contributed by atoms with van der Waals surface area (Å²) in [4.78, 5) is 0. The summed E-state index contributed by atoms with van der Waals surface area (Å²) in [5.41, 5.74) is 6.71. The summed E-state index contributed by atoms with van der Waals surface area (Å²) in [6.07, 6.45) is 0.898. The molecule has 0 bridgehead atoms. The molecule has 0 amide bonds. The first kappa shape index (κ1) is 10.4. The molecule has 0 aliphatic rings. The van der Waals surface area contributed by atoms with Gasteiger partial charge in [-0.15, -0.1) is 5.10 Å². The minimum Gasteiger partial charge on any atom is -0.381 e. The van der Waals surface area contributed by atoms with Gasteiger partial charge in [0.15, 0.2) is 5.82 Å². The molecule has 0 fully saturated rings. The van der Waals surface area contributed by atoms with Gasteiger partial charge < -0.3 is 5.73 Å². The third-order valence-electron chi connectivity index (χ3n) is 1.85. The normalized spacial score (nSPS) is 10.6. The van der Waals surface area contributed by atoms with E-state index in [2.05, 4.69) is 24.2 Å². The lowest BCUT2D eigenvalue weighted by molar-refractivity contribution is 0.606. The number of anilines is 1. The van der Waals surface area contributed by atoms with Crippen LogP contribution < -0.4 is 5.73 Å². The first-order chi connectivity index (χ1) is 6.29. The van der Waals surface area contributed by atoms with Crippen molar-refractivity contribution in [3.8, 4) is 0 Å². The second-order valence-corrected chi connectivity index (χ2v) is 4.09. The van der Waals surface area contributed by atoms with Crippen molar-refractivity contribution in [1.29, 1.82) is 0 Å². The number of hydrogen-bond donors (Lipinski definition) is 1. The number of hydrogen-bond acceptors (Lipinski definition) is 4. The van der Waals surface area contributed by atoms with Crippen LogP contribution >= 0.6 is 11.8 Å². The van der Waals surface area contributed by atoms with E-state index < -0.39 is 0 Å². The smallest absolute Gasteiger partial charge is 0.169 e. The lowest BCUT2D eigenvalue weighted by Crippen LogP contribution is -2.07. The van der Waals surface area contributed by atoms with Gasteiger partial charge in [0.05, 0.1) is 12.2 Å². The van der Waals surface area contributed by atoms with Crippen LogP contribution in [0.4, 0.5) is 5.82 Å². The molecular formula is C8H16N4S. The van der Waals surface area contributed by atoms with E-state index >= 15 is 0 Å². The van der Waals surface area contributed by atoms with Crippen LogP contribution in [-0.4, -0.2) is 26.5 Å². The van der Waals surface area contributed by atoms with Gasteiger partial charge in [0, 0.05) is 5.75 Å². The second-order valence-electron chi connectivity index (χ2n) is 2.69. The zero-order chi connectivity index (χ0) is 9.68. The molecule has 13 heavy (non-hydrogen) atoms. The Hall–Kier alpha value is -0.710. The molecule has 0 saturated carbocycles. The molecule has 0 aromatic carbocycles. The highest BCUT2D eigenvalue weighted by Crippen LogP contribution is 2.09. The monoisotopic (exact) mass is 200 g/mol. The Morgan fingerprint density at radius 1 is 1.46 bits per heavy atom. The predicted octanol–water partition coefficient (Wildman–Crippen LogP) is 1.18. The van der Waals surface area contributed by atoms with Gasteiger partial charge in [-0.2, -0.15) is 11.8 Å². The predicted molar refractivity (Wildman–Crippen MR) is 56.8 cm³/mol. The highest BCUT2D eigenvalue weighted by molar-refractivity contribution is 7.99. The summed E-state index contributed by atoms with van der Waals surface area (Å²) in [7, 11) is 0. The van der Waals surface area contributed by atoms with Gasteiger partial charge in [0.2, 0.25) is 0 Å². The number of nitrogen functional groups attached to an aromatic ring is 1. The zero-order valence-corrected chi connectivity index (χ0v) is 8.97. The van der Waals surface area contributed by atoms with Crippen LogP contribution in [0.2, 0.25) is 0 Å². The van der Waals surface area contributed by atoms with Gasteiger partial charge >= 0.3 is 0 Å². The van der Waals surface area contributed by atoms with E-state index in [4.69, 9.17) is 5.73 Å². The fourth-order valence-corrected chi connectivity index (χ4v) is 1.78. The Morgan fingerprint density at radius 2 is 2.23 bits per heavy atom. The largest absolute Gasteiger partial charge is 0.381 e. The van der Waals surface area contributed by atoms with E-state index in [1.54, 1.807) is 0 Å². The number of nitrogens with zero attached hydrogens (tertiary/aromatic N) is 3. The second kappa shape index (κ2) is 5.11. The number of aryl methyl sites for hydroxylation is 1. The molecule has 1 aromatic heterocycles. The molecule has 4 nitrogen and oxygen atoms in total. The van der Waals surface area contributed by atoms with E-state index in [1.165, 1.54) is 0 Å². The Labute approximate surface area is 82.9 Å². The molecule has 0 aliphatic carbocycles. The summed E-state index contributed by atoms with van der Waals surface area (Å²) < 4.78 is 1.90. The third kappa shape index (κ3) is 2.62. The molecule has 2 N–H and O–H groups in total. The third-order valence-corrected chi connectivity index (χ3v) is 2.73. The molecule has 0 atom stereocenters. The van der Waals surface area contributed by atoms with Crippen LogP contribution in [0.5, 0.6) is 0 Å². The summed E-state index contributed by atoms with van der Waals surface area (Å²) in [6.45, 7) is 5.13. The van der Waals surface area contributed by atoms with Crippen LogP contribution in [0.15, 0.2) is 0 Å². The highest BCUT2D eigenvalue weighted by Gasteiger charge is 2.06. The average molecular weight is 200 g/mol. The van der Waals surface area contributed by atoms with Crippen molar-refractivity contribution in [3.63, 3.8) is 0 Å². The summed E-state index contributed by atoms with van der Waals surface area (Å²) in [6, 6.07) is 0. The van der Waals surface area contributed by atoms with Crippen LogP contribution in [0.1, 0.15) is 19.5 Å². The van der Waals surface area contributed by atoms with Gasteiger partial charge in [-0.3, -0.25) is 0 Å². The van der Waals surface area contributed by atoms with Crippen molar-refractivity contribution in [2.75, 3.05) is 17.2 Å². The van der Waals surface area contributed by atoms with Crippen molar-refractivity contribution < 1.29 is 0 Å². The summed E-state index contributed by atoms with van der Waals surface area (Å²) >= 11 is 1.90. The molecule has 0 aliphatic heterocycles. The maximum atomic E-state index is 5.65. The molecule has 0 spiro atoms. The minimum absolute atomic E-state index is 0.573. The Kier molecular flexibility index (Phi) is 4.08. The summed E-state index contributed by atoms with van der Waals surface area (Å²) in [5.74, 6) is 2.79. The molecule has 1 aromatic rings. The van der Waals surface area contributed by atoms with Crippen LogP contribution in [0.25, 0.3) is 0 Å². The topological polar surface area (TPSA) is 56.7 Å². The van der Waals surface area contributed by atoms with E-state index in [0.717, 1.165) is 30.2 Å². The zero-order valence-electron chi connectivity index (χ0n) is 8.16. The van der Waals surface area contributed by atoms with Gasteiger partial charge in [-0.1, -0.05) is 19.1 Å². The molecule has 0 unspecified atom stereocenters. The Bertz CT molecular complexity index is 259. The molecule has 1 heterocycles. The average Bonchev–Trinajstić information content (AvgIpc) is 2.47. The van der Waals surface area contributed by atoms with Crippen LogP contribution in [-0.2, 0) is 13.0 Å². The molecule has 0 saturated heterocycles. The number of nitrogens with two attached hydrogens (primary N) is 1. The first-order valence-corrected chi connectivity index (χ1v) is 5.70. The highest BCUT2D eigenvalue weighted by atomic mass is 32.2. The quantitative estimate of drug-likeness (QED) is 0.725. The number of aromatic nitrogens is 3. The number of rotatable bonds is 5. The summed E-state index contributed by atoms with van der Waals surface area (Å²) in [5, 5.41) is 7.83. The SMILES string of the molecule is CCSCCn1nnc(N)c1CC. The maximum Gasteiger partial charge on any atom is 0.169 e. The molecule has 0 radical (unpaired) electrons. The van der Waals surface area contributed by atoms with Gasteiger partial charge in [-0.25, -0.2) is 4.68 Å². The lowest BCUT2D eigenvalue weighted by Gasteiger charge is -2.03. The lowest BCUT2D eigenvalue weighted by atomic mass is 10.3. The van der Waals surface area contributed by atoms with Gasteiger partial charge in [-0.05, 0) is 12.2 Å². The molecular weight excluding hydrogens is 184 g/mol. The van der Waals surface area contributed by atoms with Crippen LogP contribution in [0.3, 0.4) is 0 Å². The van der Waals surface area contributed by atoms with Gasteiger partial charge in [0.1, 0.15) is 0 Å². The van der Waals surface area contributed by atoms with Crippen LogP contribution in [0, 0.1) is 0 Å². The molecule has 74 valence electrons. The molecule has 1 rings (SSSR count). The first-order valence-electron chi connectivity index (χ1n) is 4.55. The fraction of sp³-hybridized carbons (Fsp3) is 0.750. The fourth-order valence-electron chi connectivity index (χ4n) is 1.18. The van der Waals surface area contributed by atoms with Gasteiger partial charge in [0.25, 0.3) is 0 Å². The van der Waals surface area contributed by atoms with Crippen molar-refractivity contribution >= 4 is 17.6 Å². The standard InChI is InChI=1S/C8H16N4S/c1-3-7-8(9)10-11-12(7)5-6-13-4-2/h3-6,9H2,1-2H3. The maximum absolute atomic E-state index is 5.65. The van der Waals surface area contributed by atoms with Crippen molar-refractivity contribution in [3.05, 3.63) is 5.69 Å². The van der Waals surface area contributed by atoms with E-state index in [0.29, 0.717) is 5.82 Å². The Morgan fingerprint density at radius 3 is 2.85 bits per heavy atom. The van der Waals surface area contributed by atoms with E-state index in [1.807, 2.05) is 16.4 Å². The van der Waals surface area contributed by atoms with Crippen molar-refractivity contribution in [2.45, 2.75) is 26.8 Å². The van der Waals surface area contributed by atoms with Crippen molar-refractivity contribution in [2.24, 2.45) is 0 Å². The van der Waals surface area contributed by atoms with E-state index in [-0.39, 0.29) is 0 Å². The van der Waals surface area contributed by atoms with Crippen molar-refractivity contribution in [1.82, 2.24) is 15.0 Å².